The molecule has 0 bridgehead atoms. The number of benzene rings is 1. The summed E-state index contributed by atoms with van der Waals surface area (Å²) in [6, 6.07) is 8.19. The van der Waals surface area contributed by atoms with Gasteiger partial charge in [-0.25, -0.2) is 0 Å². The molecular weight excluding hydrogens is 342 g/mol. The van der Waals surface area contributed by atoms with Crippen molar-refractivity contribution in [3.8, 4) is 17.1 Å². The molecular formula is C20H29N5O2. The number of carbonyl (C=O) groups is 1. The van der Waals surface area contributed by atoms with Crippen LogP contribution in [0.5, 0.6) is 5.75 Å². The van der Waals surface area contributed by atoms with Gasteiger partial charge < -0.3 is 9.64 Å². The summed E-state index contributed by atoms with van der Waals surface area (Å²) in [5.74, 6) is 1.41. The molecule has 1 aliphatic heterocycles. The van der Waals surface area contributed by atoms with Crippen LogP contribution in [0.1, 0.15) is 52.9 Å². The van der Waals surface area contributed by atoms with Crippen LogP contribution in [0.2, 0.25) is 0 Å². The molecule has 1 amide bonds. The summed E-state index contributed by atoms with van der Waals surface area (Å²) >= 11 is 0. The summed E-state index contributed by atoms with van der Waals surface area (Å²) in [6.07, 6.45) is 5.44. The fraction of sp³-hybridized carbons (Fsp3) is 0.600. The van der Waals surface area contributed by atoms with E-state index in [0.717, 1.165) is 43.6 Å². The molecule has 1 fully saturated rings. The molecule has 0 radical (unpaired) electrons. The second-order valence-corrected chi connectivity index (χ2v) is 7.30. The highest BCUT2D eigenvalue weighted by Gasteiger charge is 2.29. The van der Waals surface area contributed by atoms with Crippen LogP contribution in [-0.2, 0) is 11.3 Å². The number of ether oxygens (including phenoxy) is 1. The van der Waals surface area contributed by atoms with Gasteiger partial charge in [0.15, 0.2) is 0 Å². The number of hydrogen-bond donors (Lipinski definition) is 0. The third-order valence-electron chi connectivity index (χ3n) is 5.09. The lowest BCUT2D eigenvalue weighted by Crippen LogP contribution is -2.48. The molecule has 7 nitrogen and oxygen atoms in total. The van der Waals surface area contributed by atoms with E-state index in [1.165, 1.54) is 11.2 Å². The van der Waals surface area contributed by atoms with Gasteiger partial charge in [-0.05, 0) is 69.0 Å². The van der Waals surface area contributed by atoms with E-state index in [2.05, 4.69) is 36.2 Å². The zero-order valence-electron chi connectivity index (χ0n) is 16.5. The van der Waals surface area contributed by atoms with Gasteiger partial charge in [0.1, 0.15) is 12.3 Å². The molecule has 0 N–H and O–H groups in total. The SMILES string of the molecule is CCCCOc1ccc(-c2nnn(CC(=O)N3[C@H](C)CCC[C@H]3C)n2)cc1. The van der Waals surface area contributed by atoms with E-state index < -0.39 is 0 Å². The molecule has 1 aliphatic rings. The Bertz CT molecular complexity index is 733. The van der Waals surface area contributed by atoms with Crippen molar-refractivity contribution >= 4 is 5.91 Å². The third-order valence-corrected chi connectivity index (χ3v) is 5.09. The molecule has 2 atom stereocenters. The molecule has 1 aromatic carbocycles. The van der Waals surface area contributed by atoms with Gasteiger partial charge in [-0.3, -0.25) is 4.79 Å². The normalized spacial score (nSPS) is 19.9. The summed E-state index contributed by atoms with van der Waals surface area (Å²) in [5, 5.41) is 12.5. The molecule has 1 saturated heterocycles. The fourth-order valence-corrected chi connectivity index (χ4v) is 3.58. The first-order chi connectivity index (χ1) is 13.1. The molecule has 1 aromatic heterocycles. The Morgan fingerprint density at radius 1 is 1.19 bits per heavy atom. The minimum absolute atomic E-state index is 0.0540. The highest BCUT2D eigenvalue weighted by molar-refractivity contribution is 5.76. The molecule has 0 unspecified atom stereocenters. The Labute approximate surface area is 160 Å². The lowest BCUT2D eigenvalue weighted by molar-refractivity contribution is -0.138. The van der Waals surface area contributed by atoms with Gasteiger partial charge in [0.2, 0.25) is 11.7 Å². The van der Waals surface area contributed by atoms with Crippen molar-refractivity contribution in [1.82, 2.24) is 25.1 Å². The van der Waals surface area contributed by atoms with E-state index in [-0.39, 0.29) is 24.5 Å². The molecule has 0 spiro atoms. The van der Waals surface area contributed by atoms with Crippen molar-refractivity contribution < 1.29 is 9.53 Å². The first-order valence-corrected chi connectivity index (χ1v) is 9.90. The smallest absolute Gasteiger partial charge is 0.246 e. The number of rotatable bonds is 7. The predicted molar refractivity (Wildman–Crippen MR) is 103 cm³/mol. The number of likely N-dealkylation sites (tertiary alicyclic amines) is 1. The second-order valence-electron chi connectivity index (χ2n) is 7.30. The summed E-state index contributed by atoms with van der Waals surface area (Å²) in [6.45, 7) is 7.20. The van der Waals surface area contributed by atoms with Crippen molar-refractivity contribution in [3.63, 3.8) is 0 Å². The highest BCUT2D eigenvalue weighted by Crippen LogP contribution is 2.23. The summed E-state index contributed by atoms with van der Waals surface area (Å²) in [4.78, 5) is 16.0. The van der Waals surface area contributed by atoms with Crippen LogP contribution < -0.4 is 4.74 Å². The maximum absolute atomic E-state index is 12.7. The van der Waals surface area contributed by atoms with Crippen molar-refractivity contribution in [1.29, 1.82) is 0 Å². The van der Waals surface area contributed by atoms with E-state index in [0.29, 0.717) is 5.82 Å². The highest BCUT2D eigenvalue weighted by atomic mass is 16.5. The molecule has 3 rings (SSSR count). The van der Waals surface area contributed by atoms with E-state index in [1.54, 1.807) is 0 Å². The Hall–Kier alpha value is -2.44. The van der Waals surface area contributed by atoms with E-state index >= 15 is 0 Å². The standard InChI is InChI=1S/C20H29N5O2/c1-4-5-13-27-18-11-9-17(10-12-18)20-21-23-24(22-20)14-19(26)25-15(2)7-6-8-16(25)3/h9-12,15-16H,4-8,13-14H2,1-3H3/t15-,16-/m1/s1. The topological polar surface area (TPSA) is 73.1 Å². The van der Waals surface area contributed by atoms with Crippen LogP contribution in [0, 0.1) is 0 Å². The minimum Gasteiger partial charge on any atom is -0.494 e. The molecule has 0 aliphatic carbocycles. The average molecular weight is 371 g/mol. The summed E-state index contributed by atoms with van der Waals surface area (Å²) in [7, 11) is 0. The van der Waals surface area contributed by atoms with Crippen molar-refractivity contribution in [2.75, 3.05) is 6.61 Å². The molecule has 2 heterocycles. The Morgan fingerprint density at radius 2 is 1.89 bits per heavy atom. The van der Waals surface area contributed by atoms with Crippen LogP contribution in [-0.4, -0.2) is 49.7 Å². The zero-order valence-corrected chi connectivity index (χ0v) is 16.5. The number of carbonyl (C=O) groups excluding carboxylic acids is 1. The third kappa shape index (κ3) is 4.84. The van der Waals surface area contributed by atoms with Crippen LogP contribution in [0.3, 0.4) is 0 Å². The van der Waals surface area contributed by atoms with Crippen molar-refractivity contribution in [2.24, 2.45) is 0 Å². The molecule has 7 heteroatoms. The van der Waals surface area contributed by atoms with E-state index in [4.69, 9.17) is 4.74 Å². The van der Waals surface area contributed by atoms with Gasteiger partial charge in [-0.2, -0.15) is 4.80 Å². The maximum atomic E-state index is 12.7. The number of unbranched alkanes of at least 4 members (excludes halogenated alkanes) is 1. The molecule has 0 saturated carbocycles. The minimum atomic E-state index is 0.0540. The maximum Gasteiger partial charge on any atom is 0.246 e. The van der Waals surface area contributed by atoms with Crippen LogP contribution in [0.4, 0.5) is 0 Å². The molecule has 2 aromatic rings. The fourth-order valence-electron chi connectivity index (χ4n) is 3.58. The van der Waals surface area contributed by atoms with Crippen molar-refractivity contribution in [2.45, 2.75) is 71.5 Å². The van der Waals surface area contributed by atoms with Gasteiger partial charge in [-0.15, -0.1) is 10.2 Å². The van der Waals surface area contributed by atoms with Gasteiger partial charge >= 0.3 is 0 Å². The number of nitrogens with zero attached hydrogens (tertiary/aromatic N) is 5. The monoisotopic (exact) mass is 371 g/mol. The summed E-state index contributed by atoms with van der Waals surface area (Å²) in [5.41, 5.74) is 0.858. The Balaban J connectivity index is 1.61. The van der Waals surface area contributed by atoms with Gasteiger partial charge in [0, 0.05) is 17.6 Å². The lowest BCUT2D eigenvalue weighted by atomic mass is 9.97. The number of tetrazole rings is 1. The second kappa shape index (κ2) is 8.97. The quantitative estimate of drug-likeness (QED) is 0.698. The number of hydrogen-bond acceptors (Lipinski definition) is 5. The Morgan fingerprint density at radius 3 is 2.56 bits per heavy atom. The van der Waals surface area contributed by atoms with Crippen LogP contribution >= 0.6 is 0 Å². The predicted octanol–water partition coefficient (Wildman–Crippen LogP) is 3.31. The Kier molecular flexibility index (Phi) is 6.42. The van der Waals surface area contributed by atoms with Gasteiger partial charge in [0.05, 0.1) is 6.61 Å². The largest absolute Gasteiger partial charge is 0.494 e. The number of amides is 1. The number of piperidine rings is 1. The van der Waals surface area contributed by atoms with Crippen LogP contribution in [0.15, 0.2) is 24.3 Å². The van der Waals surface area contributed by atoms with Gasteiger partial charge in [0.25, 0.3) is 0 Å². The first kappa shape index (κ1) is 19.3. The van der Waals surface area contributed by atoms with E-state index in [9.17, 15) is 4.79 Å². The van der Waals surface area contributed by atoms with E-state index in [1.807, 2.05) is 29.2 Å². The van der Waals surface area contributed by atoms with Gasteiger partial charge in [-0.1, -0.05) is 13.3 Å². The zero-order chi connectivity index (χ0) is 19.2. The van der Waals surface area contributed by atoms with Crippen LogP contribution in [0.25, 0.3) is 11.4 Å². The molecule has 27 heavy (non-hydrogen) atoms. The summed E-state index contributed by atoms with van der Waals surface area (Å²) < 4.78 is 5.67. The van der Waals surface area contributed by atoms with Crippen molar-refractivity contribution in [3.05, 3.63) is 24.3 Å². The first-order valence-electron chi connectivity index (χ1n) is 9.90. The average Bonchev–Trinajstić information content (AvgIpc) is 3.11. The number of aromatic nitrogens is 4. The lowest BCUT2D eigenvalue weighted by Gasteiger charge is -2.38. The molecule has 146 valence electrons.